The summed E-state index contributed by atoms with van der Waals surface area (Å²) in [4.78, 5) is 5.30. The number of aromatic nitrogens is 1. The van der Waals surface area contributed by atoms with Gasteiger partial charge in [-0.15, -0.1) is 11.3 Å². The summed E-state index contributed by atoms with van der Waals surface area (Å²) >= 11 is 1.58. The zero-order chi connectivity index (χ0) is 11.5. The molecule has 0 aliphatic rings. The fourth-order valence-electron chi connectivity index (χ4n) is 1.78. The first-order valence-electron chi connectivity index (χ1n) is 5.40. The molecule has 1 unspecified atom stereocenters. The van der Waals surface area contributed by atoms with Crippen LogP contribution in [0.25, 0.3) is 0 Å². The minimum atomic E-state index is -0.587. The van der Waals surface area contributed by atoms with E-state index >= 15 is 0 Å². The Morgan fingerprint density at radius 1 is 1.44 bits per heavy atom. The summed E-state index contributed by atoms with van der Waals surface area (Å²) in [6.45, 7) is 4.10. The molecule has 2 nitrogen and oxygen atoms in total. The fraction of sp³-hybridized carbons (Fsp3) is 0.308. The first-order valence-corrected chi connectivity index (χ1v) is 6.27. The second kappa shape index (κ2) is 4.76. The van der Waals surface area contributed by atoms with Gasteiger partial charge in [0.2, 0.25) is 0 Å². The lowest BCUT2D eigenvalue weighted by Gasteiger charge is -2.13. The lowest BCUT2D eigenvalue weighted by molar-refractivity contribution is 0.217. The van der Waals surface area contributed by atoms with E-state index in [1.807, 2.05) is 30.5 Å². The van der Waals surface area contributed by atoms with Crippen LogP contribution in [-0.2, 0) is 6.42 Å². The van der Waals surface area contributed by atoms with Crippen LogP contribution in [0.5, 0.6) is 0 Å². The van der Waals surface area contributed by atoms with Gasteiger partial charge in [0.15, 0.2) is 0 Å². The van der Waals surface area contributed by atoms with E-state index in [4.69, 9.17) is 0 Å². The Morgan fingerprint density at radius 3 is 2.88 bits per heavy atom. The quantitative estimate of drug-likeness (QED) is 0.883. The highest BCUT2D eigenvalue weighted by atomic mass is 32.1. The van der Waals surface area contributed by atoms with Crippen LogP contribution in [-0.4, -0.2) is 10.1 Å². The van der Waals surface area contributed by atoms with Gasteiger partial charge in [-0.1, -0.05) is 13.0 Å². The maximum absolute atomic E-state index is 10.3. The summed E-state index contributed by atoms with van der Waals surface area (Å²) < 4.78 is 0. The van der Waals surface area contributed by atoms with E-state index in [1.54, 1.807) is 17.5 Å². The molecule has 16 heavy (non-hydrogen) atoms. The molecule has 0 fully saturated rings. The average molecular weight is 233 g/mol. The van der Waals surface area contributed by atoms with Gasteiger partial charge in [-0.25, -0.2) is 0 Å². The van der Waals surface area contributed by atoms with Crippen molar-refractivity contribution < 1.29 is 5.11 Å². The largest absolute Gasteiger partial charge is 0.381 e. The molecule has 2 heterocycles. The number of rotatable bonds is 3. The van der Waals surface area contributed by atoms with Crippen molar-refractivity contribution in [2.24, 2.45) is 0 Å². The van der Waals surface area contributed by atoms with Crippen molar-refractivity contribution in [2.75, 3.05) is 0 Å². The summed E-state index contributed by atoms with van der Waals surface area (Å²) in [5.74, 6) is 0. The molecule has 2 aromatic heterocycles. The molecule has 0 aromatic carbocycles. The number of nitrogens with zero attached hydrogens (tertiary/aromatic N) is 1. The van der Waals surface area contributed by atoms with Gasteiger partial charge in [0.05, 0.1) is 5.69 Å². The number of aliphatic hydroxyl groups excluding tert-OH is 1. The molecule has 1 N–H and O–H groups in total. The number of thiophene rings is 1. The van der Waals surface area contributed by atoms with Crippen LogP contribution in [0.4, 0.5) is 0 Å². The molecular formula is C13H15NOS. The number of hydrogen-bond acceptors (Lipinski definition) is 3. The predicted octanol–water partition coefficient (Wildman–Crippen LogP) is 3.10. The monoisotopic (exact) mass is 233 g/mol. The molecule has 3 heteroatoms. The van der Waals surface area contributed by atoms with Crippen molar-refractivity contribution in [3.8, 4) is 0 Å². The number of aryl methyl sites for hydroxylation is 2. The van der Waals surface area contributed by atoms with Crippen LogP contribution >= 0.6 is 11.3 Å². The second-order valence-electron chi connectivity index (χ2n) is 3.77. The highest BCUT2D eigenvalue weighted by Crippen LogP contribution is 2.29. The van der Waals surface area contributed by atoms with Gasteiger partial charge < -0.3 is 5.11 Å². The third-order valence-corrected chi connectivity index (χ3v) is 3.79. The van der Waals surface area contributed by atoms with Crippen LogP contribution < -0.4 is 0 Å². The Labute approximate surface area is 99.6 Å². The molecule has 0 amide bonds. The van der Waals surface area contributed by atoms with Crippen LogP contribution in [0.2, 0.25) is 0 Å². The fourth-order valence-corrected chi connectivity index (χ4v) is 2.70. The summed E-state index contributed by atoms with van der Waals surface area (Å²) in [7, 11) is 0. The zero-order valence-corrected chi connectivity index (χ0v) is 10.3. The highest BCUT2D eigenvalue weighted by Gasteiger charge is 2.17. The molecule has 2 rings (SSSR count). The minimum absolute atomic E-state index is 0.587. The minimum Gasteiger partial charge on any atom is -0.381 e. The van der Waals surface area contributed by atoms with Gasteiger partial charge in [0, 0.05) is 11.1 Å². The van der Waals surface area contributed by atoms with E-state index in [-0.39, 0.29) is 0 Å². The first kappa shape index (κ1) is 11.3. The highest BCUT2D eigenvalue weighted by molar-refractivity contribution is 7.10. The maximum Gasteiger partial charge on any atom is 0.131 e. The maximum atomic E-state index is 10.3. The first-order chi connectivity index (χ1) is 7.74. The van der Waals surface area contributed by atoms with Gasteiger partial charge in [-0.2, -0.15) is 0 Å². The summed E-state index contributed by atoms with van der Waals surface area (Å²) in [6.07, 6.45) is 2.04. The Bertz CT molecular complexity index is 478. The van der Waals surface area contributed by atoms with Crippen molar-refractivity contribution in [3.63, 3.8) is 0 Å². The summed E-state index contributed by atoms with van der Waals surface area (Å²) in [6, 6.07) is 5.96. The molecule has 1 atom stereocenters. The van der Waals surface area contributed by atoms with E-state index in [1.165, 1.54) is 0 Å². The van der Waals surface area contributed by atoms with E-state index in [0.29, 0.717) is 0 Å². The van der Waals surface area contributed by atoms with E-state index in [2.05, 4.69) is 11.9 Å². The Morgan fingerprint density at radius 2 is 2.25 bits per heavy atom. The van der Waals surface area contributed by atoms with Gasteiger partial charge in [0.1, 0.15) is 6.10 Å². The van der Waals surface area contributed by atoms with Crippen LogP contribution in [0.15, 0.2) is 29.8 Å². The summed E-state index contributed by atoms with van der Waals surface area (Å²) in [5.41, 5.74) is 3.03. The molecule has 0 spiro atoms. The zero-order valence-electron chi connectivity index (χ0n) is 9.47. The van der Waals surface area contributed by atoms with Crippen molar-refractivity contribution in [3.05, 3.63) is 51.5 Å². The average Bonchev–Trinajstić information content (AvgIpc) is 2.74. The van der Waals surface area contributed by atoms with E-state index < -0.39 is 6.10 Å². The molecule has 84 valence electrons. The Balaban J connectivity index is 2.41. The van der Waals surface area contributed by atoms with Crippen LogP contribution in [0, 0.1) is 6.92 Å². The molecule has 0 bridgehead atoms. The number of aliphatic hydroxyl groups is 1. The van der Waals surface area contributed by atoms with Gasteiger partial charge in [0.25, 0.3) is 0 Å². The SMILES string of the molecule is CCc1cccnc1C(O)c1sccc1C. The molecular weight excluding hydrogens is 218 g/mol. The topological polar surface area (TPSA) is 33.1 Å². The molecule has 0 saturated carbocycles. The third-order valence-electron chi connectivity index (χ3n) is 2.72. The molecule has 0 radical (unpaired) electrons. The summed E-state index contributed by atoms with van der Waals surface area (Å²) in [5, 5.41) is 12.3. The molecule has 0 aliphatic carbocycles. The lowest BCUT2D eigenvalue weighted by Crippen LogP contribution is -2.05. The predicted molar refractivity (Wildman–Crippen MR) is 66.7 cm³/mol. The van der Waals surface area contributed by atoms with Gasteiger partial charge in [-0.3, -0.25) is 4.98 Å². The van der Waals surface area contributed by atoms with Crippen molar-refractivity contribution in [2.45, 2.75) is 26.4 Å². The molecule has 2 aromatic rings. The number of pyridine rings is 1. The van der Waals surface area contributed by atoms with E-state index in [9.17, 15) is 5.11 Å². The van der Waals surface area contributed by atoms with E-state index in [0.717, 1.165) is 28.1 Å². The van der Waals surface area contributed by atoms with Crippen LogP contribution in [0.1, 0.15) is 34.7 Å². The normalized spacial score (nSPS) is 12.7. The Hall–Kier alpha value is -1.19. The third kappa shape index (κ3) is 2.01. The van der Waals surface area contributed by atoms with Gasteiger partial charge >= 0.3 is 0 Å². The van der Waals surface area contributed by atoms with Gasteiger partial charge in [-0.05, 0) is 42.0 Å². The lowest BCUT2D eigenvalue weighted by atomic mass is 10.0. The van der Waals surface area contributed by atoms with Crippen molar-refractivity contribution in [1.82, 2.24) is 4.98 Å². The van der Waals surface area contributed by atoms with Crippen molar-refractivity contribution in [1.29, 1.82) is 0 Å². The number of hydrogen-bond donors (Lipinski definition) is 1. The molecule has 0 saturated heterocycles. The smallest absolute Gasteiger partial charge is 0.131 e. The molecule has 0 aliphatic heterocycles. The van der Waals surface area contributed by atoms with Crippen molar-refractivity contribution >= 4 is 11.3 Å². The Kier molecular flexibility index (Phi) is 3.36. The second-order valence-corrected chi connectivity index (χ2v) is 4.72. The van der Waals surface area contributed by atoms with Crippen LogP contribution in [0.3, 0.4) is 0 Å². The standard InChI is InChI=1S/C13H15NOS/c1-3-10-5-4-7-14-11(10)12(15)13-9(2)6-8-16-13/h4-8,12,15H,3H2,1-2H3.